The fourth-order valence-electron chi connectivity index (χ4n) is 2.19. The van der Waals surface area contributed by atoms with E-state index < -0.39 is 16.1 Å². The fourth-order valence-corrected chi connectivity index (χ4v) is 3.08. The largest absolute Gasteiger partial charge is 0.481 e. The average molecular weight is 441 g/mol. The Morgan fingerprint density at radius 2 is 1.81 bits per heavy atom. The van der Waals surface area contributed by atoms with Crippen molar-refractivity contribution in [3.05, 3.63) is 53.0 Å². The molecule has 0 saturated carbocycles. The van der Waals surface area contributed by atoms with Crippen LogP contribution < -0.4 is 14.4 Å². The molecule has 0 saturated heterocycles. The quantitative estimate of drug-likeness (QED) is 0.712. The van der Waals surface area contributed by atoms with Gasteiger partial charge in [-0.05, 0) is 58.7 Å². The van der Waals surface area contributed by atoms with Gasteiger partial charge in [-0.25, -0.2) is 8.42 Å². The molecule has 8 heteroatoms. The van der Waals surface area contributed by atoms with E-state index in [1.54, 1.807) is 30.3 Å². The third kappa shape index (κ3) is 5.22. The highest BCUT2D eigenvalue weighted by atomic mass is 79.9. The van der Waals surface area contributed by atoms with Gasteiger partial charge in [0.25, 0.3) is 5.91 Å². The summed E-state index contributed by atoms with van der Waals surface area (Å²) >= 11 is 3.39. The second-order valence-corrected chi connectivity index (χ2v) is 8.58. The SMILES string of the molecule is CC[C@@H](Oc1ccc(N(C)S(C)(=O)=O)cc1)C(=O)Nc1ccccc1Br. The summed E-state index contributed by atoms with van der Waals surface area (Å²) < 4.78 is 30.9. The van der Waals surface area contributed by atoms with Gasteiger partial charge in [0.15, 0.2) is 6.10 Å². The van der Waals surface area contributed by atoms with Crippen molar-refractivity contribution in [2.75, 3.05) is 22.9 Å². The van der Waals surface area contributed by atoms with E-state index >= 15 is 0 Å². The first kappa shape index (κ1) is 20.3. The number of amides is 1. The number of hydrogen-bond acceptors (Lipinski definition) is 4. The molecule has 1 amide bonds. The zero-order valence-corrected chi connectivity index (χ0v) is 17.2. The lowest BCUT2D eigenvalue weighted by Crippen LogP contribution is -2.32. The molecule has 0 aliphatic carbocycles. The normalized spacial score (nSPS) is 12.3. The highest BCUT2D eigenvalue weighted by molar-refractivity contribution is 9.10. The van der Waals surface area contributed by atoms with Gasteiger partial charge in [0, 0.05) is 11.5 Å². The molecule has 6 nitrogen and oxygen atoms in total. The number of rotatable bonds is 7. The van der Waals surface area contributed by atoms with E-state index in [1.165, 1.54) is 11.4 Å². The number of para-hydroxylation sites is 1. The first-order valence-corrected chi connectivity index (χ1v) is 10.6. The molecule has 0 aromatic heterocycles. The second-order valence-electron chi connectivity index (χ2n) is 5.71. The van der Waals surface area contributed by atoms with Gasteiger partial charge in [-0.3, -0.25) is 9.10 Å². The maximum absolute atomic E-state index is 12.5. The monoisotopic (exact) mass is 440 g/mol. The lowest BCUT2D eigenvalue weighted by atomic mass is 10.2. The number of sulfonamides is 1. The lowest BCUT2D eigenvalue weighted by Gasteiger charge is -2.19. The smallest absolute Gasteiger partial charge is 0.265 e. The van der Waals surface area contributed by atoms with Gasteiger partial charge in [-0.2, -0.15) is 0 Å². The van der Waals surface area contributed by atoms with Crippen LogP contribution in [0.3, 0.4) is 0 Å². The van der Waals surface area contributed by atoms with Crippen molar-refractivity contribution < 1.29 is 17.9 Å². The number of halogens is 1. The van der Waals surface area contributed by atoms with Gasteiger partial charge in [0.2, 0.25) is 10.0 Å². The van der Waals surface area contributed by atoms with Gasteiger partial charge in [-0.1, -0.05) is 19.1 Å². The molecule has 0 aliphatic rings. The minimum atomic E-state index is -3.32. The number of nitrogens with zero attached hydrogens (tertiary/aromatic N) is 1. The highest BCUT2D eigenvalue weighted by Crippen LogP contribution is 2.24. The van der Waals surface area contributed by atoms with Gasteiger partial charge in [0.1, 0.15) is 5.75 Å². The van der Waals surface area contributed by atoms with Crippen LogP contribution in [0.2, 0.25) is 0 Å². The molecule has 2 rings (SSSR count). The first-order chi connectivity index (χ1) is 12.2. The number of carbonyl (C=O) groups is 1. The van der Waals surface area contributed by atoms with Crippen molar-refractivity contribution >= 4 is 43.2 Å². The third-order valence-electron chi connectivity index (χ3n) is 3.77. The van der Waals surface area contributed by atoms with E-state index in [2.05, 4.69) is 21.2 Å². The standard InChI is InChI=1S/C18H21BrN2O4S/c1-4-17(18(22)20-16-8-6-5-7-15(16)19)25-14-11-9-13(10-12-14)21(2)26(3,23)24/h5-12,17H,4H2,1-3H3,(H,20,22)/t17-/m1/s1. The Balaban J connectivity index is 2.07. The molecule has 0 radical (unpaired) electrons. The van der Waals surface area contributed by atoms with Crippen molar-refractivity contribution in [3.8, 4) is 5.75 Å². The van der Waals surface area contributed by atoms with E-state index in [9.17, 15) is 13.2 Å². The number of carbonyl (C=O) groups excluding carboxylic acids is 1. The Bertz CT molecular complexity index is 869. The van der Waals surface area contributed by atoms with Gasteiger partial charge >= 0.3 is 0 Å². The Morgan fingerprint density at radius 1 is 1.19 bits per heavy atom. The summed E-state index contributed by atoms with van der Waals surface area (Å²) in [4.78, 5) is 12.5. The Hall–Kier alpha value is -2.06. The van der Waals surface area contributed by atoms with E-state index in [0.717, 1.165) is 10.7 Å². The van der Waals surface area contributed by atoms with Crippen molar-refractivity contribution in [2.45, 2.75) is 19.4 Å². The maximum Gasteiger partial charge on any atom is 0.265 e. The first-order valence-electron chi connectivity index (χ1n) is 7.98. The van der Waals surface area contributed by atoms with E-state index in [-0.39, 0.29) is 5.91 Å². The van der Waals surface area contributed by atoms with Crippen LogP contribution in [0, 0.1) is 0 Å². The Labute approximate surface area is 162 Å². The fraction of sp³-hybridized carbons (Fsp3) is 0.278. The lowest BCUT2D eigenvalue weighted by molar-refractivity contribution is -0.122. The summed E-state index contributed by atoms with van der Waals surface area (Å²) in [6.45, 7) is 1.86. The minimum absolute atomic E-state index is 0.253. The van der Waals surface area contributed by atoms with Crippen LogP contribution in [-0.4, -0.2) is 33.7 Å². The van der Waals surface area contributed by atoms with E-state index in [0.29, 0.717) is 23.5 Å². The zero-order chi connectivity index (χ0) is 19.3. The van der Waals surface area contributed by atoms with Gasteiger partial charge in [-0.15, -0.1) is 0 Å². The second kappa shape index (κ2) is 8.55. The van der Waals surface area contributed by atoms with Crippen LogP contribution in [0.4, 0.5) is 11.4 Å². The molecular formula is C18H21BrN2O4S. The molecular weight excluding hydrogens is 420 g/mol. The predicted molar refractivity (Wildman–Crippen MR) is 107 cm³/mol. The number of hydrogen-bond donors (Lipinski definition) is 1. The van der Waals surface area contributed by atoms with Gasteiger partial charge in [0.05, 0.1) is 17.6 Å². The average Bonchev–Trinajstić information content (AvgIpc) is 2.60. The molecule has 2 aromatic rings. The molecule has 140 valence electrons. The van der Waals surface area contributed by atoms with E-state index in [1.807, 2.05) is 25.1 Å². The molecule has 1 atom stereocenters. The molecule has 0 spiro atoms. The molecule has 0 aliphatic heterocycles. The topological polar surface area (TPSA) is 75.7 Å². The molecule has 26 heavy (non-hydrogen) atoms. The van der Waals surface area contributed by atoms with Crippen LogP contribution in [0.15, 0.2) is 53.0 Å². The summed E-state index contributed by atoms with van der Waals surface area (Å²) in [7, 11) is -1.85. The predicted octanol–water partition coefficient (Wildman–Crippen LogP) is 3.64. The molecule has 0 heterocycles. The molecule has 0 fully saturated rings. The van der Waals surface area contributed by atoms with Crippen LogP contribution in [0.25, 0.3) is 0 Å². The molecule has 1 N–H and O–H groups in total. The molecule has 2 aromatic carbocycles. The van der Waals surface area contributed by atoms with Crippen molar-refractivity contribution in [3.63, 3.8) is 0 Å². The molecule has 0 unspecified atom stereocenters. The van der Waals surface area contributed by atoms with Crippen LogP contribution >= 0.6 is 15.9 Å². The Morgan fingerprint density at radius 3 is 2.35 bits per heavy atom. The number of anilines is 2. The summed E-state index contributed by atoms with van der Waals surface area (Å²) in [6.07, 6.45) is 0.957. The van der Waals surface area contributed by atoms with Crippen molar-refractivity contribution in [1.29, 1.82) is 0 Å². The van der Waals surface area contributed by atoms with Crippen LogP contribution in [0.5, 0.6) is 5.75 Å². The number of ether oxygens (including phenoxy) is 1. The van der Waals surface area contributed by atoms with Crippen molar-refractivity contribution in [1.82, 2.24) is 0 Å². The minimum Gasteiger partial charge on any atom is -0.481 e. The van der Waals surface area contributed by atoms with Crippen LogP contribution in [0.1, 0.15) is 13.3 Å². The zero-order valence-electron chi connectivity index (χ0n) is 14.8. The van der Waals surface area contributed by atoms with E-state index in [4.69, 9.17) is 4.74 Å². The Kier molecular flexibility index (Phi) is 6.66. The summed E-state index contributed by atoms with van der Waals surface area (Å²) in [5.74, 6) is 0.238. The summed E-state index contributed by atoms with van der Waals surface area (Å²) in [6, 6.07) is 13.9. The molecule has 0 bridgehead atoms. The summed E-state index contributed by atoms with van der Waals surface area (Å²) in [5.41, 5.74) is 1.19. The van der Waals surface area contributed by atoms with Gasteiger partial charge < -0.3 is 10.1 Å². The summed E-state index contributed by atoms with van der Waals surface area (Å²) in [5, 5.41) is 2.83. The van der Waals surface area contributed by atoms with Crippen LogP contribution in [-0.2, 0) is 14.8 Å². The van der Waals surface area contributed by atoms with Crippen molar-refractivity contribution in [2.24, 2.45) is 0 Å². The maximum atomic E-state index is 12.5. The number of nitrogens with one attached hydrogen (secondary N) is 1. The third-order valence-corrected chi connectivity index (χ3v) is 5.67. The number of benzene rings is 2. The highest BCUT2D eigenvalue weighted by Gasteiger charge is 2.19.